The third kappa shape index (κ3) is 3.47. The summed E-state index contributed by atoms with van der Waals surface area (Å²) in [6.45, 7) is 3.10. The van der Waals surface area contributed by atoms with Gasteiger partial charge in [0, 0.05) is 11.3 Å². The predicted molar refractivity (Wildman–Crippen MR) is 76.1 cm³/mol. The summed E-state index contributed by atoms with van der Waals surface area (Å²) in [5, 5.41) is 12.8. The van der Waals surface area contributed by atoms with Crippen LogP contribution in [0.15, 0.2) is 34.9 Å². The minimum absolute atomic E-state index is 0.0589. The Morgan fingerprint density at radius 2 is 1.90 bits per heavy atom. The van der Waals surface area contributed by atoms with Gasteiger partial charge < -0.3 is 14.5 Å². The zero-order valence-corrected chi connectivity index (χ0v) is 11.9. The van der Waals surface area contributed by atoms with Gasteiger partial charge in [0.1, 0.15) is 12.3 Å². The number of carboxylic acid groups (broad SMARTS) is 1. The highest BCUT2D eigenvalue weighted by molar-refractivity contribution is 5.98. The molecular weight excluding hydrogens is 272 g/mol. The summed E-state index contributed by atoms with van der Waals surface area (Å²) < 4.78 is 5.03. The van der Waals surface area contributed by atoms with Gasteiger partial charge in [0.05, 0.1) is 12.1 Å². The normalized spacial score (nSPS) is 10.4. The number of anilines is 1. The highest BCUT2D eigenvalue weighted by atomic mass is 16.5. The average molecular weight is 288 g/mol. The van der Waals surface area contributed by atoms with Gasteiger partial charge in [-0.3, -0.25) is 9.59 Å². The van der Waals surface area contributed by atoms with Gasteiger partial charge in [-0.2, -0.15) is 0 Å². The number of hydrogen-bond acceptors (Lipinski definition) is 4. The number of aryl methyl sites for hydroxylation is 2. The molecule has 0 radical (unpaired) electrons. The number of para-hydroxylation sites is 1. The van der Waals surface area contributed by atoms with Gasteiger partial charge in [-0.25, -0.2) is 0 Å². The van der Waals surface area contributed by atoms with Crippen molar-refractivity contribution in [1.82, 2.24) is 5.16 Å². The lowest BCUT2D eigenvalue weighted by atomic mass is 10.1. The van der Waals surface area contributed by atoms with Crippen molar-refractivity contribution in [3.8, 4) is 0 Å². The van der Waals surface area contributed by atoms with E-state index < -0.39 is 5.97 Å². The molecule has 0 spiro atoms. The first kappa shape index (κ1) is 14.8. The Hall–Kier alpha value is -2.63. The quantitative estimate of drug-likeness (QED) is 0.909. The van der Waals surface area contributed by atoms with Crippen LogP contribution in [0.4, 0.5) is 5.69 Å². The third-order valence-electron chi connectivity index (χ3n) is 3.17. The molecule has 6 heteroatoms. The Kier molecular flexibility index (Phi) is 4.37. The number of aliphatic carboxylic acids is 1. The lowest BCUT2D eigenvalue weighted by molar-refractivity contribution is -0.136. The molecule has 1 N–H and O–H groups in total. The number of hydrogen-bond donors (Lipinski definition) is 1. The first-order valence-corrected chi connectivity index (χ1v) is 6.48. The molecule has 0 aliphatic carbocycles. The van der Waals surface area contributed by atoms with Crippen LogP contribution >= 0.6 is 0 Å². The fraction of sp³-hybridized carbons (Fsp3) is 0.267. The van der Waals surface area contributed by atoms with E-state index in [0.717, 1.165) is 0 Å². The predicted octanol–water partition coefficient (Wildman–Crippen LogP) is 1.95. The highest BCUT2D eigenvalue weighted by Gasteiger charge is 2.22. The molecule has 2 aromatic rings. The summed E-state index contributed by atoms with van der Waals surface area (Å²) in [5.41, 5.74) is 1.90. The number of carboxylic acids is 1. The van der Waals surface area contributed by atoms with E-state index in [1.165, 1.54) is 4.90 Å². The van der Waals surface area contributed by atoms with Crippen molar-refractivity contribution in [3.05, 3.63) is 47.3 Å². The van der Waals surface area contributed by atoms with Crippen LogP contribution in [0.2, 0.25) is 0 Å². The second-order valence-corrected chi connectivity index (χ2v) is 4.69. The topological polar surface area (TPSA) is 83.6 Å². The number of aromatic nitrogens is 1. The molecule has 0 bridgehead atoms. The molecule has 110 valence electrons. The minimum atomic E-state index is -1.06. The molecule has 1 aromatic heterocycles. The van der Waals surface area contributed by atoms with Crippen LogP contribution < -0.4 is 4.90 Å². The van der Waals surface area contributed by atoms with Crippen molar-refractivity contribution in [3.63, 3.8) is 0 Å². The molecule has 0 aliphatic rings. The summed E-state index contributed by atoms with van der Waals surface area (Å²) in [4.78, 5) is 24.7. The molecule has 2 rings (SSSR count). The second-order valence-electron chi connectivity index (χ2n) is 4.69. The molecule has 1 heterocycles. The van der Waals surface area contributed by atoms with Crippen molar-refractivity contribution < 1.29 is 19.2 Å². The molecule has 0 fully saturated rings. The fourth-order valence-electron chi connectivity index (χ4n) is 2.07. The maximum Gasteiger partial charge on any atom is 0.323 e. The standard InChI is InChI=1S/C15H16N2O4/c1-10-13(11(2)21-16-10)8-14(18)17(9-15(19)20)12-6-4-3-5-7-12/h3-7H,8-9H2,1-2H3,(H,19,20). The number of benzene rings is 1. The van der Waals surface area contributed by atoms with E-state index in [1.54, 1.807) is 44.2 Å². The molecule has 0 saturated carbocycles. The van der Waals surface area contributed by atoms with Crippen molar-refractivity contribution in [2.75, 3.05) is 11.4 Å². The van der Waals surface area contributed by atoms with E-state index >= 15 is 0 Å². The number of rotatable bonds is 5. The van der Waals surface area contributed by atoms with Crippen molar-refractivity contribution >= 4 is 17.6 Å². The van der Waals surface area contributed by atoms with Crippen LogP contribution in [-0.4, -0.2) is 28.7 Å². The Morgan fingerprint density at radius 1 is 1.24 bits per heavy atom. The van der Waals surface area contributed by atoms with Crippen LogP contribution in [0.1, 0.15) is 17.0 Å². The highest BCUT2D eigenvalue weighted by Crippen LogP contribution is 2.18. The molecule has 1 amide bonds. The van der Waals surface area contributed by atoms with Crippen LogP contribution in [0.25, 0.3) is 0 Å². The van der Waals surface area contributed by atoms with E-state index in [-0.39, 0.29) is 18.9 Å². The Balaban J connectivity index is 2.25. The van der Waals surface area contributed by atoms with Crippen LogP contribution in [0.5, 0.6) is 0 Å². The maximum atomic E-state index is 12.4. The van der Waals surface area contributed by atoms with Gasteiger partial charge in [0.25, 0.3) is 0 Å². The van der Waals surface area contributed by atoms with E-state index in [1.807, 2.05) is 0 Å². The van der Waals surface area contributed by atoms with Gasteiger partial charge >= 0.3 is 5.97 Å². The molecule has 21 heavy (non-hydrogen) atoms. The number of carbonyl (C=O) groups is 2. The van der Waals surface area contributed by atoms with Gasteiger partial charge in [0.15, 0.2) is 0 Å². The molecule has 1 aromatic carbocycles. The Morgan fingerprint density at radius 3 is 2.43 bits per heavy atom. The van der Waals surface area contributed by atoms with E-state index in [9.17, 15) is 9.59 Å². The molecule has 6 nitrogen and oxygen atoms in total. The number of nitrogens with zero attached hydrogens (tertiary/aromatic N) is 2. The molecule has 0 aliphatic heterocycles. The largest absolute Gasteiger partial charge is 0.480 e. The van der Waals surface area contributed by atoms with Crippen LogP contribution in [-0.2, 0) is 16.0 Å². The lowest BCUT2D eigenvalue weighted by Crippen LogP contribution is -2.36. The van der Waals surface area contributed by atoms with E-state index in [4.69, 9.17) is 9.63 Å². The maximum absolute atomic E-state index is 12.4. The summed E-state index contributed by atoms with van der Waals surface area (Å²) in [6.07, 6.45) is 0.0589. The van der Waals surface area contributed by atoms with Gasteiger partial charge in [0.2, 0.25) is 5.91 Å². The number of amides is 1. The first-order chi connectivity index (χ1) is 9.99. The monoisotopic (exact) mass is 288 g/mol. The Labute approximate surface area is 122 Å². The lowest BCUT2D eigenvalue weighted by Gasteiger charge is -2.20. The zero-order chi connectivity index (χ0) is 15.4. The van der Waals surface area contributed by atoms with Crippen molar-refractivity contribution in [2.24, 2.45) is 0 Å². The van der Waals surface area contributed by atoms with Gasteiger partial charge in [-0.1, -0.05) is 23.4 Å². The molecule has 0 atom stereocenters. The SMILES string of the molecule is Cc1noc(C)c1CC(=O)N(CC(=O)O)c1ccccc1. The Bertz CT molecular complexity index is 629. The second kappa shape index (κ2) is 6.21. The molecule has 0 saturated heterocycles. The van der Waals surface area contributed by atoms with Crippen LogP contribution in [0, 0.1) is 13.8 Å². The molecular formula is C15H16N2O4. The average Bonchev–Trinajstić information content (AvgIpc) is 2.77. The van der Waals surface area contributed by atoms with Crippen molar-refractivity contribution in [2.45, 2.75) is 20.3 Å². The van der Waals surface area contributed by atoms with Gasteiger partial charge in [-0.05, 0) is 26.0 Å². The molecule has 0 unspecified atom stereocenters. The number of carbonyl (C=O) groups excluding carboxylic acids is 1. The van der Waals surface area contributed by atoms with E-state index in [0.29, 0.717) is 22.7 Å². The summed E-state index contributed by atoms with van der Waals surface area (Å²) in [6, 6.07) is 8.73. The minimum Gasteiger partial charge on any atom is -0.480 e. The first-order valence-electron chi connectivity index (χ1n) is 6.48. The van der Waals surface area contributed by atoms with Gasteiger partial charge in [-0.15, -0.1) is 0 Å². The van der Waals surface area contributed by atoms with Crippen molar-refractivity contribution in [1.29, 1.82) is 0 Å². The van der Waals surface area contributed by atoms with E-state index in [2.05, 4.69) is 5.16 Å². The summed E-state index contributed by atoms with van der Waals surface area (Å²) in [7, 11) is 0. The summed E-state index contributed by atoms with van der Waals surface area (Å²) >= 11 is 0. The fourth-order valence-corrected chi connectivity index (χ4v) is 2.07. The van der Waals surface area contributed by atoms with Crippen LogP contribution in [0.3, 0.4) is 0 Å². The zero-order valence-electron chi connectivity index (χ0n) is 11.9. The third-order valence-corrected chi connectivity index (χ3v) is 3.17. The summed E-state index contributed by atoms with van der Waals surface area (Å²) in [5.74, 6) is -0.798. The smallest absolute Gasteiger partial charge is 0.323 e.